The lowest BCUT2D eigenvalue weighted by Crippen LogP contribution is -2.57. The van der Waals surface area contributed by atoms with Crippen LogP contribution in [0.2, 0.25) is 0 Å². The molecule has 4 saturated carbocycles. The van der Waals surface area contributed by atoms with Crippen molar-refractivity contribution in [3.8, 4) is 56.4 Å². The molecule has 1 aliphatic heterocycles. The van der Waals surface area contributed by atoms with Gasteiger partial charge in [-0.15, -0.1) is 0 Å². The largest absolute Gasteiger partial charge is 0.310 e. The Hall–Kier alpha value is -7.76. The first-order valence-corrected chi connectivity index (χ1v) is 24.0. The van der Waals surface area contributed by atoms with Crippen molar-refractivity contribution in [1.82, 2.24) is 19.9 Å². The van der Waals surface area contributed by atoms with E-state index in [9.17, 15) is 0 Å². The van der Waals surface area contributed by atoms with E-state index in [2.05, 4.69) is 175 Å². The second kappa shape index (κ2) is 15.1. The van der Waals surface area contributed by atoms with Crippen LogP contribution < -0.4 is 4.90 Å². The van der Waals surface area contributed by atoms with Gasteiger partial charge in [-0.3, -0.25) is 4.98 Å². The molecule has 67 heavy (non-hydrogen) atoms. The van der Waals surface area contributed by atoms with Gasteiger partial charge in [0.2, 0.25) is 0 Å². The fourth-order valence-electron chi connectivity index (χ4n) is 13.4. The number of anilines is 3. The lowest BCUT2D eigenvalue weighted by molar-refractivity contribution is -0.0419. The maximum absolute atomic E-state index is 5.28. The maximum Gasteiger partial charge on any atom is 0.164 e. The van der Waals surface area contributed by atoms with Crippen molar-refractivity contribution in [2.24, 2.45) is 23.7 Å². The zero-order chi connectivity index (χ0) is 44.1. The van der Waals surface area contributed by atoms with E-state index in [1.807, 2.05) is 30.5 Å². The minimum Gasteiger partial charge on any atom is -0.310 e. The second-order valence-electron chi connectivity index (χ2n) is 19.4. The van der Waals surface area contributed by atoms with E-state index in [1.165, 1.54) is 76.8 Å². The molecule has 0 saturated heterocycles. The maximum atomic E-state index is 5.28. The number of para-hydroxylation sites is 3. The highest BCUT2D eigenvalue weighted by molar-refractivity contribution is 6.05. The van der Waals surface area contributed by atoms with Gasteiger partial charge in [0.1, 0.15) is 0 Å². The molecule has 5 aliphatic rings. The van der Waals surface area contributed by atoms with Crippen LogP contribution in [-0.4, -0.2) is 19.9 Å². The van der Waals surface area contributed by atoms with Gasteiger partial charge in [-0.1, -0.05) is 152 Å². The van der Waals surface area contributed by atoms with Crippen molar-refractivity contribution >= 4 is 38.7 Å². The van der Waals surface area contributed by atoms with Gasteiger partial charge in [0.05, 0.1) is 16.9 Å². The quantitative estimate of drug-likeness (QED) is 0.167. The zero-order valence-electron chi connectivity index (χ0n) is 37.1. The van der Waals surface area contributed by atoms with Crippen LogP contribution in [0.4, 0.5) is 17.1 Å². The molecule has 0 amide bonds. The van der Waals surface area contributed by atoms with Crippen molar-refractivity contribution in [2.45, 2.75) is 37.5 Å². The van der Waals surface area contributed by atoms with Crippen molar-refractivity contribution in [2.75, 3.05) is 4.90 Å². The molecule has 4 bridgehead atoms. The number of benzene rings is 8. The Bertz CT molecular complexity index is 3510. The van der Waals surface area contributed by atoms with E-state index >= 15 is 0 Å². The summed E-state index contributed by atoms with van der Waals surface area (Å²) in [5, 5.41) is 3.43. The average Bonchev–Trinajstić information content (AvgIpc) is 3.39. The van der Waals surface area contributed by atoms with E-state index in [0.717, 1.165) is 55.9 Å². The zero-order valence-corrected chi connectivity index (χ0v) is 37.1. The first-order chi connectivity index (χ1) is 33.2. The number of rotatable bonds is 6. The van der Waals surface area contributed by atoms with Gasteiger partial charge in [-0.25, -0.2) is 15.0 Å². The average molecular weight is 862 g/mol. The summed E-state index contributed by atoms with van der Waals surface area (Å²) in [4.78, 5) is 22.9. The number of aromatic nitrogens is 4. The molecule has 3 heterocycles. The van der Waals surface area contributed by atoms with Gasteiger partial charge in [-0.05, 0) is 137 Å². The summed E-state index contributed by atoms with van der Waals surface area (Å²) in [6.07, 6.45) is 8.62. The summed E-state index contributed by atoms with van der Waals surface area (Å²) in [6, 6.07) is 70.4. The van der Waals surface area contributed by atoms with Crippen LogP contribution in [0, 0.1) is 23.7 Å². The minimum absolute atomic E-state index is 0.0184. The van der Waals surface area contributed by atoms with E-state index in [1.54, 1.807) is 0 Å². The summed E-state index contributed by atoms with van der Waals surface area (Å²) in [7, 11) is 0. The third kappa shape index (κ3) is 6.00. The first-order valence-electron chi connectivity index (χ1n) is 24.0. The molecule has 15 rings (SSSR count). The SMILES string of the molecule is c1ccc(-c2nc(-c3ccc(-c4cccc5cccnc45)cc3)nc(-c3ccc(-c4ccc5c(c4)C4(c6ccccc6N5c5ccccc5)C5CC6CC(C5)CC4C6)c4ccccc34)n2)cc1. The van der Waals surface area contributed by atoms with Crippen molar-refractivity contribution in [1.29, 1.82) is 0 Å². The smallest absolute Gasteiger partial charge is 0.164 e. The molecule has 4 aliphatic carbocycles. The molecule has 0 unspecified atom stereocenters. The Morgan fingerprint density at radius 3 is 1.75 bits per heavy atom. The second-order valence-corrected chi connectivity index (χ2v) is 19.4. The number of fused-ring (bicyclic) bond motifs is 4. The van der Waals surface area contributed by atoms with Crippen molar-refractivity contribution in [3.05, 3.63) is 211 Å². The highest BCUT2D eigenvalue weighted by atomic mass is 15.2. The highest BCUT2D eigenvalue weighted by Crippen LogP contribution is 2.69. The van der Waals surface area contributed by atoms with E-state index < -0.39 is 0 Å². The fraction of sp³-hybridized carbons (Fsp3) is 0.161. The Morgan fingerprint density at radius 1 is 0.403 bits per heavy atom. The van der Waals surface area contributed by atoms with Crippen LogP contribution in [0.5, 0.6) is 0 Å². The highest BCUT2D eigenvalue weighted by Gasteiger charge is 2.61. The number of hydrogen-bond donors (Lipinski definition) is 0. The molecule has 8 aromatic carbocycles. The number of nitrogens with zero attached hydrogens (tertiary/aromatic N) is 5. The molecular weight excluding hydrogens is 815 g/mol. The Kier molecular flexibility index (Phi) is 8.70. The molecule has 1 spiro atoms. The normalized spacial score (nSPS) is 21.2. The van der Waals surface area contributed by atoms with Gasteiger partial charge in [0.15, 0.2) is 17.5 Å². The molecule has 10 aromatic rings. The third-order valence-corrected chi connectivity index (χ3v) is 15.9. The summed E-state index contributed by atoms with van der Waals surface area (Å²) >= 11 is 0. The summed E-state index contributed by atoms with van der Waals surface area (Å²) in [5.74, 6) is 4.94. The summed E-state index contributed by atoms with van der Waals surface area (Å²) in [6.45, 7) is 0. The monoisotopic (exact) mass is 861 g/mol. The molecule has 320 valence electrons. The topological polar surface area (TPSA) is 54.8 Å². The van der Waals surface area contributed by atoms with E-state index in [4.69, 9.17) is 19.9 Å². The first kappa shape index (κ1) is 38.5. The lowest BCUT2D eigenvalue weighted by Gasteiger charge is -2.64. The molecule has 5 nitrogen and oxygen atoms in total. The third-order valence-electron chi connectivity index (χ3n) is 15.9. The number of hydrogen-bond acceptors (Lipinski definition) is 5. The van der Waals surface area contributed by atoms with Crippen LogP contribution in [-0.2, 0) is 5.41 Å². The Labute approximate surface area is 390 Å². The van der Waals surface area contributed by atoms with Crippen LogP contribution in [0.25, 0.3) is 78.1 Å². The van der Waals surface area contributed by atoms with E-state index in [-0.39, 0.29) is 5.41 Å². The van der Waals surface area contributed by atoms with Gasteiger partial charge in [-0.2, -0.15) is 0 Å². The summed E-state index contributed by atoms with van der Waals surface area (Å²) in [5.41, 5.74) is 15.4. The Morgan fingerprint density at radius 2 is 0.985 bits per heavy atom. The summed E-state index contributed by atoms with van der Waals surface area (Å²) < 4.78 is 0. The molecule has 4 fully saturated rings. The minimum atomic E-state index is -0.0184. The Balaban J connectivity index is 0.918. The molecule has 0 N–H and O–H groups in total. The van der Waals surface area contributed by atoms with Crippen LogP contribution in [0.1, 0.15) is 43.2 Å². The molecule has 0 radical (unpaired) electrons. The molecule has 2 aromatic heterocycles. The van der Waals surface area contributed by atoms with Crippen LogP contribution >= 0.6 is 0 Å². The standard InChI is InChI=1S/C62H47N5/c1-3-13-43(14-4-1)59-64-60(44-26-24-41(25-27-44)50-21-11-15-42-16-12-32-63-58(42)50)66-61(65-59)53-30-29-49(51-19-7-8-20-52(51)53)45-28-31-57-55(38-45)62(46-34-39-33-40(36-46)37-47(62)35-39)54-22-9-10-23-56(54)67(57)48-17-5-2-6-18-48/h1-32,38-40,46-47H,33-37H2. The van der Waals surface area contributed by atoms with Gasteiger partial charge in [0.25, 0.3) is 0 Å². The predicted molar refractivity (Wildman–Crippen MR) is 272 cm³/mol. The lowest BCUT2D eigenvalue weighted by atomic mass is 9.41. The van der Waals surface area contributed by atoms with Crippen molar-refractivity contribution in [3.63, 3.8) is 0 Å². The van der Waals surface area contributed by atoms with E-state index in [0.29, 0.717) is 29.3 Å². The predicted octanol–water partition coefficient (Wildman–Crippen LogP) is 15.4. The van der Waals surface area contributed by atoms with Gasteiger partial charge >= 0.3 is 0 Å². The van der Waals surface area contributed by atoms with Crippen molar-refractivity contribution < 1.29 is 0 Å². The van der Waals surface area contributed by atoms with Crippen LogP contribution in [0.15, 0.2) is 200 Å². The van der Waals surface area contributed by atoms with Crippen LogP contribution in [0.3, 0.4) is 0 Å². The fourth-order valence-corrected chi connectivity index (χ4v) is 13.4. The van der Waals surface area contributed by atoms with Gasteiger partial charge < -0.3 is 4.90 Å². The van der Waals surface area contributed by atoms with Gasteiger partial charge in [0, 0.05) is 44.9 Å². The molecule has 0 atom stereocenters. The molecule has 5 heteroatoms. The molecular formula is C62H47N5. The number of pyridine rings is 1.